The lowest BCUT2D eigenvalue weighted by atomic mass is 10.2. The summed E-state index contributed by atoms with van der Waals surface area (Å²) < 4.78 is 39.5. The standard InChI is InChI=1S/C15H8BrCl2F3N2O3/c1-22-11(15(19,20)21)6-12(24)23(14(22)26)8-2-3-10(17)7(4-8)5-9(16)13(18)25/h2-6H,1H3. The molecule has 0 bridgehead atoms. The Balaban J connectivity index is 2.73. The zero-order valence-corrected chi connectivity index (χ0v) is 15.9. The first-order valence-corrected chi connectivity index (χ1v) is 8.25. The fourth-order valence-electron chi connectivity index (χ4n) is 2.11. The summed E-state index contributed by atoms with van der Waals surface area (Å²) >= 11 is 14.2. The SMILES string of the molecule is Cn1c(C(F)(F)F)cc(=O)n(-c2ccc(Cl)c(C=C(Br)C(=O)Cl)c2)c1=O. The lowest BCUT2D eigenvalue weighted by Gasteiger charge is -2.14. The van der Waals surface area contributed by atoms with E-state index in [9.17, 15) is 27.6 Å². The molecule has 0 aliphatic heterocycles. The minimum absolute atomic E-state index is 0.0257. The van der Waals surface area contributed by atoms with E-state index in [1.807, 2.05) is 0 Å². The van der Waals surface area contributed by atoms with Crippen molar-refractivity contribution in [3.8, 4) is 5.69 Å². The minimum Gasteiger partial charge on any atom is -0.292 e. The maximum Gasteiger partial charge on any atom is 0.431 e. The molecule has 26 heavy (non-hydrogen) atoms. The van der Waals surface area contributed by atoms with E-state index in [0.717, 1.165) is 7.05 Å². The van der Waals surface area contributed by atoms with Crippen LogP contribution in [0.5, 0.6) is 0 Å². The summed E-state index contributed by atoms with van der Waals surface area (Å²) in [6.45, 7) is 0. The van der Waals surface area contributed by atoms with Gasteiger partial charge in [0.2, 0.25) is 0 Å². The molecule has 1 aromatic heterocycles. The molecule has 1 heterocycles. The molecule has 1 aromatic carbocycles. The zero-order chi connectivity index (χ0) is 19.8. The van der Waals surface area contributed by atoms with E-state index in [2.05, 4.69) is 15.9 Å². The van der Waals surface area contributed by atoms with Gasteiger partial charge in [0.1, 0.15) is 5.69 Å². The molecule has 0 fully saturated rings. The first-order chi connectivity index (χ1) is 11.9. The van der Waals surface area contributed by atoms with Gasteiger partial charge in [0.05, 0.1) is 10.2 Å². The number of carbonyl (C=O) groups is 1. The van der Waals surface area contributed by atoms with Crippen LogP contribution in [0.15, 0.2) is 38.3 Å². The molecule has 0 N–H and O–H groups in total. The van der Waals surface area contributed by atoms with E-state index < -0.39 is 28.4 Å². The molecule has 2 rings (SSSR count). The maximum atomic E-state index is 12.9. The van der Waals surface area contributed by atoms with Gasteiger partial charge in [-0.3, -0.25) is 14.2 Å². The van der Waals surface area contributed by atoms with E-state index >= 15 is 0 Å². The molecule has 0 spiro atoms. The Hall–Kier alpha value is -1.84. The van der Waals surface area contributed by atoms with Crippen LogP contribution in [0, 0.1) is 0 Å². The largest absolute Gasteiger partial charge is 0.431 e. The number of benzene rings is 1. The second-order valence-corrected chi connectivity index (χ2v) is 6.62. The fourth-order valence-corrected chi connectivity index (χ4v) is 2.58. The number of nitrogens with zero attached hydrogens (tertiary/aromatic N) is 2. The molecule has 5 nitrogen and oxygen atoms in total. The average molecular weight is 472 g/mol. The summed E-state index contributed by atoms with van der Waals surface area (Å²) in [6.07, 6.45) is -3.60. The quantitative estimate of drug-likeness (QED) is 0.506. The maximum absolute atomic E-state index is 12.9. The topological polar surface area (TPSA) is 61.1 Å². The Morgan fingerprint density at radius 3 is 2.38 bits per heavy atom. The van der Waals surface area contributed by atoms with Crippen LogP contribution in [-0.2, 0) is 18.0 Å². The number of carbonyl (C=O) groups excluding carboxylic acids is 1. The third-order valence-corrected chi connectivity index (χ3v) is 4.68. The van der Waals surface area contributed by atoms with Crippen LogP contribution in [0.4, 0.5) is 13.2 Å². The highest BCUT2D eigenvalue weighted by Gasteiger charge is 2.35. The van der Waals surface area contributed by atoms with Crippen molar-refractivity contribution < 1.29 is 18.0 Å². The Labute approximate surface area is 162 Å². The van der Waals surface area contributed by atoms with Gasteiger partial charge in [0.15, 0.2) is 0 Å². The first kappa shape index (κ1) is 20.5. The molecule has 0 saturated carbocycles. The Bertz CT molecular complexity index is 1040. The fraction of sp³-hybridized carbons (Fsp3) is 0.133. The summed E-state index contributed by atoms with van der Waals surface area (Å²) in [5.41, 5.74) is -3.52. The number of halogens is 6. The molecule has 0 radical (unpaired) electrons. The Morgan fingerprint density at radius 1 is 1.23 bits per heavy atom. The van der Waals surface area contributed by atoms with Gasteiger partial charge in [-0.25, -0.2) is 9.36 Å². The van der Waals surface area contributed by atoms with Gasteiger partial charge in [0, 0.05) is 18.1 Å². The van der Waals surface area contributed by atoms with Crippen LogP contribution in [0.2, 0.25) is 5.02 Å². The predicted octanol–water partition coefficient (Wildman–Crippen LogP) is 3.71. The minimum atomic E-state index is -4.86. The van der Waals surface area contributed by atoms with E-state index in [-0.39, 0.29) is 20.8 Å². The number of rotatable bonds is 3. The molecule has 0 unspecified atom stereocenters. The third kappa shape index (κ3) is 4.11. The van der Waals surface area contributed by atoms with Gasteiger partial charge < -0.3 is 0 Å². The number of hydrogen-bond donors (Lipinski definition) is 0. The van der Waals surface area contributed by atoms with Gasteiger partial charge >= 0.3 is 11.9 Å². The molecule has 0 amide bonds. The summed E-state index contributed by atoms with van der Waals surface area (Å²) in [7, 11) is 0.903. The number of aromatic nitrogens is 2. The second-order valence-electron chi connectivity index (χ2n) is 5.01. The molecular formula is C15H8BrCl2F3N2O3. The molecule has 138 valence electrons. The van der Waals surface area contributed by atoms with Crippen LogP contribution in [-0.4, -0.2) is 14.4 Å². The van der Waals surface area contributed by atoms with Gasteiger partial charge in [0.25, 0.3) is 10.8 Å². The van der Waals surface area contributed by atoms with Crippen molar-refractivity contribution in [1.29, 1.82) is 0 Å². The highest BCUT2D eigenvalue weighted by Crippen LogP contribution is 2.27. The van der Waals surface area contributed by atoms with Crippen molar-refractivity contribution in [2.75, 3.05) is 0 Å². The van der Waals surface area contributed by atoms with Crippen LogP contribution in [0.1, 0.15) is 11.3 Å². The van der Waals surface area contributed by atoms with E-state index in [0.29, 0.717) is 15.2 Å². The van der Waals surface area contributed by atoms with Crippen molar-refractivity contribution in [2.24, 2.45) is 7.05 Å². The van der Waals surface area contributed by atoms with Crippen molar-refractivity contribution in [1.82, 2.24) is 9.13 Å². The van der Waals surface area contributed by atoms with Crippen molar-refractivity contribution in [3.63, 3.8) is 0 Å². The van der Waals surface area contributed by atoms with Crippen molar-refractivity contribution in [3.05, 3.63) is 65.9 Å². The summed E-state index contributed by atoms with van der Waals surface area (Å²) in [6, 6.07) is 4.20. The molecule has 0 aliphatic rings. The second kappa shape index (κ2) is 7.42. The highest BCUT2D eigenvalue weighted by atomic mass is 79.9. The normalized spacial score (nSPS) is 12.3. The summed E-state index contributed by atoms with van der Waals surface area (Å²) in [4.78, 5) is 35.5. The average Bonchev–Trinajstić information content (AvgIpc) is 2.52. The zero-order valence-electron chi connectivity index (χ0n) is 12.8. The van der Waals surface area contributed by atoms with Gasteiger partial charge in [-0.15, -0.1) is 0 Å². The highest BCUT2D eigenvalue weighted by molar-refractivity contribution is 9.12. The Morgan fingerprint density at radius 2 is 1.85 bits per heavy atom. The molecule has 0 atom stereocenters. The molecule has 0 saturated heterocycles. The molecule has 2 aromatic rings. The van der Waals surface area contributed by atoms with Gasteiger partial charge in [-0.2, -0.15) is 13.2 Å². The number of allylic oxidation sites excluding steroid dienone is 1. The van der Waals surface area contributed by atoms with E-state index in [4.69, 9.17) is 23.2 Å². The van der Waals surface area contributed by atoms with Crippen LogP contribution < -0.4 is 11.2 Å². The molecular weight excluding hydrogens is 464 g/mol. The van der Waals surface area contributed by atoms with Crippen LogP contribution in [0.3, 0.4) is 0 Å². The predicted molar refractivity (Wildman–Crippen MR) is 95.1 cm³/mol. The molecule has 11 heteroatoms. The Kier molecular flexibility index (Phi) is 5.84. The third-order valence-electron chi connectivity index (χ3n) is 3.32. The van der Waals surface area contributed by atoms with E-state index in [1.54, 1.807) is 0 Å². The van der Waals surface area contributed by atoms with Gasteiger partial charge in [-0.1, -0.05) is 11.6 Å². The van der Waals surface area contributed by atoms with Gasteiger partial charge in [-0.05, 0) is 57.4 Å². The first-order valence-electron chi connectivity index (χ1n) is 6.70. The lowest BCUT2D eigenvalue weighted by molar-refractivity contribution is -0.144. The molecule has 0 aliphatic carbocycles. The lowest BCUT2D eigenvalue weighted by Crippen LogP contribution is -2.40. The summed E-state index contributed by atoms with van der Waals surface area (Å²) in [5, 5.41) is -0.644. The smallest absolute Gasteiger partial charge is 0.292 e. The number of alkyl halides is 3. The van der Waals surface area contributed by atoms with Crippen molar-refractivity contribution in [2.45, 2.75) is 6.18 Å². The number of hydrogen-bond acceptors (Lipinski definition) is 3. The van der Waals surface area contributed by atoms with E-state index in [1.165, 1.54) is 24.3 Å². The van der Waals surface area contributed by atoms with Crippen LogP contribution >= 0.6 is 39.1 Å². The monoisotopic (exact) mass is 470 g/mol. The van der Waals surface area contributed by atoms with Crippen LogP contribution in [0.25, 0.3) is 11.8 Å². The van der Waals surface area contributed by atoms with Crippen molar-refractivity contribution >= 4 is 50.5 Å². The summed E-state index contributed by atoms with van der Waals surface area (Å²) in [5.74, 6) is 0.